The zero-order chi connectivity index (χ0) is 17.6. The molecule has 25 heavy (non-hydrogen) atoms. The topological polar surface area (TPSA) is 61.9 Å². The molecule has 1 saturated heterocycles. The van der Waals surface area contributed by atoms with Gasteiger partial charge in [0.15, 0.2) is 0 Å². The van der Waals surface area contributed by atoms with Crippen molar-refractivity contribution in [2.75, 3.05) is 6.54 Å². The molecular weight excluding hydrogens is 339 g/mol. The van der Waals surface area contributed by atoms with E-state index >= 15 is 0 Å². The predicted octanol–water partition coefficient (Wildman–Crippen LogP) is 4.14. The van der Waals surface area contributed by atoms with Crippen LogP contribution in [0.25, 0.3) is 11.0 Å². The fourth-order valence-corrected chi connectivity index (χ4v) is 4.35. The number of rotatable bonds is 2. The van der Waals surface area contributed by atoms with Crippen LogP contribution in [0.5, 0.6) is 0 Å². The average molecular weight is 358 g/mol. The third-order valence-electron chi connectivity index (χ3n) is 4.64. The second-order valence-electron chi connectivity index (χ2n) is 6.44. The molecule has 0 bridgehead atoms. The van der Waals surface area contributed by atoms with Crippen LogP contribution in [0.2, 0.25) is 0 Å². The van der Waals surface area contributed by atoms with Crippen LogP contribution < -0.4 is 0 Å². The van der Waals surface area contributed by atoms with Crippen LogP contribution in [0, 0.1) is 19.7 Å². The van der Waals surface area contributed by atoms with E-state index in [4.69, 9.17) is 0 Å². The van der Waals surface area contributed by atoms with Gasteiger partial charge in [0.05, 0.1) is 27.8 Å². The lowest BCUT2D eigenvalue weighted by molar-refractivity contribution is 0.0605. The summed E-state index contributed by atoms with van der Waals surface area (Å²) >= 11 is 1.44. The Hall–Kier alpha value is -2.28. The number of aromatic amines is 1. The van der Waals surface area contributed by atoms with Gasteiger partial charge in [-0.05, 0) is 51.3 Å². The van der Waals surface area contributed by atoms with E-state index < -0.39 is 0 Å². The number of aryl methyl sites for hydroxylation is 2. The lowest BCUT2D eigenvalue weighted by Gasteiger charge is -2.34. The van der Waals surface area contributed by atoms with Gasteiger partial charge in [-0.1, -0.05) is 0 Å². The molecular formula is C18H19FN4OS. The Bertz CT molecular complexity index is 948. The highest BCUT2D eigenvalue weighted by molar-refractivity contribution is 7.13. The van der Waals surface area contributed by atoms with Gasteiger partial charge in [0.1, 0.15) is 16.5 Å². The Kier molecular flexibility index (Phi) is 4.03. The number of amides is 1. The van der Waals surface area contributed by atoms with E-state index in [1.165, 1.54) is 23.5 Å². The molecule has 1 aliphatic heterocycles. The zero-order valence-electron chi connectivity index (χ0n) is 14.2. The molecule has 3 aromatic rings. The number of likely N-dealkylation sites (tertiary alicyclic amines) is 1. The van der Waals surface area contributed by atoms with Crippen LogP contribution >= 0.6 is 11.3 Å². The fourth-order valence-electron chi connectivity index (χ4n) is 3.48. The highest BCUT2D eigenvalue weighted by Gasteiger charge is 2.32. The molecule has 0 spiro atoms. The summed E-state index contributed by atoms with van der Waals surface area (Å²) in [5.41, 5.74) is 2.17. The molecule has 1 N–H and O–H groups in total. The Morgan fingerprint density at radius 3 is 2.92 bits per heavy atom. The molecule has 1 amide bonds. The predicted molar refractivity (Wildman–Crippen MR) is 95.3 cm³/mol. The first kappa shape index (κ1) is 16.2. The summed E-state index contributed by atoms with van der Waals surface area (Å²) < 4.78 is 13.4. The highest BCUT2D eigenvalue weighted by atomic mass is 32.1. The van der Waals surface area contributed by atoms with Gasteiger partial charge >= 0.3 is 0 Å². The molecule has 7 heteroatoms. The number of halogens is 1. The zero-order valence-corrected chi connectivity index (χ0v) is 15.0. The molecule has 0 saturated carbocycles. The number of nitrogens with zero attached hydrogens (tertiary/aromatic N) is 3. The van der Waals surface area contributed by atoms with Gasteiger partial charge in [-0.3, -0.25) is 4.79 Å². The monoisotopic (exact) mass is 358 g/mol. The number of hydrogen-bond acceptors (Lipinski definition) is 4. The Labute approximate surface area is 148 Å². The van der Waals surface area contributed by atoms with E-state index in [2.05, 4.69) is 15.0 Å². The first-order valence-corrected chi connectivity index (χ1v) is 9.25. The molecule has 2 aromatic heterocycles. The van der Waals surface area contributed by atoms with E-state index in [1.54, 1.807) is 6.07 Å². The lowest BCUT2D eigenvalue weighted by atomic mass is 10.0. The number of carbonyl (C=O) groups excluding carboxylic acids is 1. The van der Waals surface area contributed by atoms with Crippen LogP contribution in [0.3, 0.4) is 0 Å². The van der Waals surface area contributed by atoms with E-state index in [0.717, 1.165) is 41.3 Å². The summed E-state index contributed by atoms with van der Waals surface area (Å²) in [6.45, 7) is 4.49. The van der Waals surface area contributed by atoms with Gasteiger partial charge in [-0.2, -0.15) is 0 Å². The summed E-state index contributed by atoms with van der Waals surface area (Å²) in [7, 11) is 0. The number of benzene rings is 1. The molecule has 130 valence electrons. The number of fused-ring (bicyclic) bond motifs is 1. The SMILES string of the molecule is Cc1nc(C)c(C(=O)N2CCCC[C@H]2c2nc3ccc(F)cc3[nH]2)s1. The minimum Gasteiger partial charge on any atom is -0.340 e. The van der Waals surface area contributed by atoms with Gasteiger partial charge in [0.2, 0.25) is 0 Å². The molecule has 1 aromatic carbocycles. The number of imidazole rings is 1. The van der Waals surface area contributed by atoms with Gasteiger partial charge in [-0.15, -0.1) is 11.3 Å². The molecule has 3 heterocycles. The van der Waals surface area contributed by atoms with Crippen molar-refractivity contribution in [3.05, 3.63) is 45.4 Å². The Balaban J connectivity index is 1.70. The van der Waals surface area contributed by atoms with Crippen molar-refractivity contribution in [1.82, 2.24) is 19.9 Å². The first-order valence-electron chi connectivity index (χ1n) is 8.43. The number of carbonyl (C=O) groups is 1. The molecule has 4 rings (SSSR count). The van der Waals surface area contributed by atoms with Gasteiger partial charge in [0, 0.05) is 6.54 Å². The molecule has 1 atom stereocenters. The highest BCUT2D eigenvalue weighted by Crippen LogP contribution is 2.33. The van der Waals surface area contributed by atoms with E-state index in [-0.39, 0.29) is 17.8 Å². The van der Waals surface area contributed by atoms with Crippen molar-refractivity contribution in [2.45, 2.75) is 39.2 Å². The van der Waals surface area contributed by atoms with E-state index in [1.807, 2.05) is 18.7 Å². The molecule has 0 radical (unpaired) electrons. The number of piperidine rings is 1. The largest absolute Gasteiger partial charge is 0.340 e. The summed E-state index contributed by atoms with van der Waals surface area (Å²) in [4.78, 5) is 27.9. The number of aromatic nitrogens is 3. The quantitative estimate of drug-likeness (QED) is 0.749. The van der Waals surface area contributed by atoms with Crippen LogP contribution in [0.1, 0.15) is 51.5 Å². The number of nitrogens with one attached hydrogen (secondary N) is 1. The molecule has 1 fully saturated rings. The van der Waals surface area contributed by atoms with Crippen molar-refractivity contribution in [1.29, 1.82) is 0 Å². The Morgan fingerprint density at radius 2 is 2.16 bits per heavy atom. The maximum absolute atomic E-state index is 13.4. The lowest BCUT2D eigenvalue weighted by Crippen LogP contribution is -2.38. The summed E-state index contributed by atoms with van der Waals surface area (Å²) in [6.07, 6.45) is 2.87. The van der Waals surface area contributed by atoms with Crippen molar-refractivity contribution in [3.63, 3.8) is 0 Å². The minimum atomic E-state index is -0.296. The number of hydrogen-bond donors (Lipinski definition) is 1. The summed E-state index contributed by atoms with van der Waals surface area (Å²) in [6, 6.07) is 4.40. The normalized spacial score (nSPS) is 18.0. The summed E-state index contributed by atoms with van der Waals surface area (Å²) in [5, 5.41) is 0.897. The third kappa shape index (κ3) is 2.93. The fraction of sp³-hybridized carbons (Fsp3) is 0.389. The third-order valence-corrected chi connectivity index (χ3v) is 5.70. The minimum absolute atomic E-state index is 0.0134. The van der Waals surface area contributed by atoms with Gasteiger partial charge < -0.3 is 9.88 Å². The smallest absolute Gasteiger partial charge is 0.266 e. The van der Waals surface area contributed by atoms with E-state index in [9.17, 15) is 9.18 Å². The maximum Gasteiger partial charge on any atom is 0.266 e. The van der Waals surface area contributed by atoms with Crippen molar-refractivity contribution >= 4 is 28.3 Å². The number of H-pyrrole nitrogens is 1. The van der Waals surface area contributed by atoms with Crippen LogP contribution in [-0.4, -0.2) is 32.3 Å². The number of thiazole rings is 1. The maximum atomic E-state index is 13.4. The van der Waals surface area contributed by atoms with Crippen molar-refractivity contribution in [3.8, 4) is 0 Å². The molecule has 1 aliphatic rings. The van der Waals surface area contributed by atoms with Gasteiger partial charge in [-0.25, -0.2) is 14.4 Å². The molecule has 0 unspecified atom stereocenters. The Morgan fingerprint density at radius 1 is 1.32 bits per heavy atom. The molecule has 5 nitrogen and oxygen atoms in total. The van der Waals surface area contributed by atoms with E-state index in [0.29, 0.717) is 16.9 Å². The van der Waals surface area contributed by atoms with Crippen LogP contribution in [-0.2, 0) is 0 Å². The van der Waals surface area contributed by atoms with Crippen LogP contribution in [0.15, 0.2) is 18.2 Å². The standard InChI is InChI=1S/C18H19FN4OS/c1-10-16(25-11(2)20-10)18(24)23-8-4-3-5-15(23)17-21-13-7-6-12(19)9-14(13)22-17/h6-7,9,15H,3-5,8H2,1-2H3,(H,21,22)/t15-/m0/s1. The van der Waals surface area contributed by atoms with Crippen molar-refractivity contribution < 1.29 is 9.18 Å². The summed E-state index contributed by atoms with van der Waals surface area (Å²) in [5.74, 6) is 0.446. The van der Waals surface area contributed by atoms with Gasteiger partial charge in [0.25, 0.3) is 5.91 Å². The van der Waals surface area contributed by atoms with Crippen molar-refractivity contribution in [2.24, 2.45) is 0 Å². The second kappa shape index (κ2) is 6.22. The first-order chi connectivity index (χ1) is 12.0. The van der Waals surface area contributed by atoms with Crippen LogP contribution in [0.4, 0.5) is 4.39 Å². The molecule has 0 aliphatic carbocycles. The average Bonchev–Trinajstić information content (AvgIpc) is 3.16. The second-order valence-corrected chi connectivity index (χ2v) is 7.64.